The van der Waals surface area contributed by atoms with Crippen molar-refractivity contribution >= 4 is 34.5 Å². The largest absolute Gasteiger partial charge is 0.348 e. The number of rotatable bonds is 4. The lowest BCUT2D eigenvalue weighted by molar-refractivity contribution is -0.117. The van der Waals surface area contributed by atoms with Crippen LogP contribution >= 0.6 is 11.8 Å². The number of fused-ring (bicyclic) bond motifs is 1. The lowest BCUT2D eigenvalue weighted by Gasteiger charge is -2.31. The van der Waals surface area contributed by atoms with E-state index in [4.69, 9.17) is 0 Å². The van der Waals surface area contributed by atoms with Gasteiger partial charge in [0.05, 0.1) is 10.3 Å². The quantitative estimate of drug-likeness (QED) is 0.748. The van der Waals surface area contributed by atoms with E-state index in [1.54, 1.807) is 18.1 Å². The number of carbonyl (C=O) groups is 1. The molecule has 0 radical (unpaired) electrons. The van der Waals surface area contributed by atoms with Gasteiger partial charge in [0.1, 0.15) is 17.8 Å². The van der Waals surface area contributed by atoms with Gasteiger partial charge in [-0.2, -0.15) is 0 Å². The van der Waals surface area contributed by atoms with Gasteiger partial charge in [-0.1, -0.05) is 6.42 Å². The second-order valence-electron chi connectivity index (χ2n) is 7.25. The Morgan fingerprint density at radius 1 is 1.41 bits per heavy atom. The van der Waals surface area contributed by atoms with E-state index in [1.165, 1.54) is 12.8 Å². The molecule has 3 N–H and O–H groups in total. The standard InChI is InChI=1S/C19H26N6OS/c1-12-9-21-17-16(12)18(23-11-22-17)25-7-8-27-15(10-25)19(26)24-13(2)14-5-3-4-6-20-14/h9-11,13-14,20H,3-8H2,1-2H3,(H,24,26)(H,21,22,23)/t13?,14-/m1/s1. The SMILES string of the molecule is Cc1c[nH]c2ncnc(N3C=C(C(=O)NC(C)[C@H]4CCCCN4)SCC3)c12. The van der Waals surface area contributed by atoms with Gasteiger partial charge in [0.15, 0.2) is 0 Å². The minimum Gasteiger partial charge on any atom is -0.348 e. The molecule has 4 heterocycles. The number of aryl methyl sites for hydroxylation is 1. The van der Waals surface area contributed by atoms with Crippen LogP contribution in [0.4, 0.5) is 5.82 Å². The van der Waals surface area contributed by atoms with Crippen LogP contribution in [0.2, 0.25) is 0 Å². The first kappa shape index (κ1) is 18.3. The number of aromatic amines is 1. The third-order valence-electron chi connectivity index (χ3n) is 5.32. The van der Waals surface area contributed by atoms with Crippen molar-refractivity contribution in [1.82, 2.24) is 25.6 Å². The predicted octanol–water partition coefficient (Wildman–Crippen LogP) is 2.31. The van der Waals surface area contributed by atoms with Crippen molar-refractivity contribution in [1.29, 1.82) is 0 Å². The Labute approximate surface area is 163 Å². The Hall–Kier alpha value is -2.06. The summed E-state index contributed by atoms with van der Waals surface area (Å²) >= 11 is 1.61. The zero-order valence-electron chi connectivity index (χ0n) is 15.8. The molecule has 27 heavy (non-hydrogen) atoms. The first-order chi connectivity index (χ1) is 13.1. The molecule has 4 rings (SSSR count). The van der Waals surface area contributed by atoms with Crippen molar-refractivity contribution in [3.05, 3.63) is 29.2 Å². The van der Waals surface area contributed by atoms with Crippen LogP contribution in [-0.4, -0.2) is 51.8 Å². The number of anilines is 1. The number of nitrogens with zero attached hydrogens (tertiary/aromatic N) is 3. The third kappa shape index (κ3) is 3.82. The number of thioether (sulfide) groups is 1. The highest BCUT2D eigenvalue weighted by Gasteiger charge is 2.25. The fourth-order valence-electron chi connectivity index (χ4n) is 3.79. The molecule has 0 spiro atoms. The van der Waals surface area contributed by atoms with Gasteiger partial charge in [0.25, 0.3) is 5.91 Å². The molecule has 144 valence electrons. The Balaban J connectivity index is 1.52. The number of carbonyl (C=O) groups excluding carboxylic acids is 1. The summed E-state index contributed by atoms with van der Waals surface area (Å²) in [4.78, 5) is 27.6. The van der Waals surface area contributed by atoms with Crippen LogP contribution in [0.5, 0.6) is 0 Å². The van der Waals surface area contributed by atoms with Crippen molar-refractivity contribution < 1.29 is 4.79 Å². The van der Waals surface area contributed by atoms with E-state index in [-0.39, 0.29) is 11.9 Å². The fourth-order valence-corrected chi connectivity index (χ4v) is 4.69. The number of aromatic nitrogens is 3. The normalized spacial score (nSPS) is 21.8. The Morgan fingerprint density at radius 2 is 2.30 bits per heavy atom. The van der Waals surface area contributed by atoms with E-state index in [1.807, 2.05) is 19.3 Å². The van der Waals surface area contributed by atoms with Crippen molar-refractivity contribution in [3.63, 3.8) is 0 Å². The molecular weight excluding hydrogens is 360 g/mol. The molecule has 1 saturated heterocycles. The molecule has 1 unspecified atom stereocenters. The average molecular weight is 387 g/mol. The molecule has 2 aromatic rings. The van der Waals surface area contributed by atoms with Crippen LogP contribution in [0.1, 0.15) is 31.7 Å². The monoisotopic (exact) mass is 386 g/mol. The minimum absolute atomic E-state index is 0.000615. The summed E-state index contributed by atoms with van der Waals surface area (Å²) in [6.07, 6.45) is 9.00. The molecule has 8 heteroatoms. The second kappa shape index (κ2) is 7.90. The highest BCUT2D eigenvalue weighted by Crippen LogP contribution is 2.30. The summed E-state index contributed by atoms with van der Waals surface area (Å²) in [5.74, 6) is 1.71. The summed E-state index contributed by atoms with van der Waals surface area (Å²) in [6, 6.07) is 0.476. The first-order valence-corrected chi connectivity index (χ1v) is 10.6. The molecule has 0 saturated carbocycles. The van der Waals surface area contributed by atoms with Crippen LogP contribution in [0.3, 0.4) is 0 Å². The van der Waals surface area contributed by atoms with E-state index < -0.39 is 0 Å². The summed E-state index contributed by atoms with van der Waals surface area (Å²) < 4.78 is 0. The van der Waals surface area contributed by atoms with E-state index in [0.717, 1.165) is 52.6 Å². The zero-order valence-corrected chi connectivity index (χ0v) is 16.6. The first-order valence-electron chi connectivity index (χ1n) is 9.57. The molecule has 1 amide bonds. The van der Waals surface area contributed by atoms with Gasteiger partial charge in [0, 0.05) is 36.8 Å². The zero-order chi connectivity index (χ0) is 18.8. The minimum atomic E-state index is 0.000615. The predicted molar refractivity (Wildman–Crippen MR) is 110 cm³/mol. The maximum Gasteiger partial charge on any atom is 0.259 e. The van der Waals surface area contributed by atoms with E-state index >= 15 is 0 Å². The van der Waals surface area contributed by atoms with E-state index in [2.05, 4.69) is 37.4 Å². The van der Waals surface area contributed by atoms with Gasteiger partial charge in [-0.3, -0.25) is 4.79 Å². The average Bonchev–Trinajstić information content (AvgIpc) is 3.10. The van der Waals surface area contributed by atoms with Gasteiger partial charge < -0.3 is 20.5 Å². The summed E-state index contributed by atoms with van der Waals surface area (Å²) in [5, 5.41) is 7.71. The Bertz CT molecular complexity index is 857. The topological polar surface area (TPSA) is 85.9 Å². The van der Waals surface area contributed by atoms with Gasteiger partial charge >= 0.3 is 0 Å². The molecule has 1 fully saturated rings. The molecule has 2 aromatic heterocycles. The molecular formula is C19H26N6OS. The molecule has 2 aliphatic heterocycles. The molecule has 2 aliphatic rings. The second-order valence-corrected chi connectivity index (χ2v) is 8.38. The van der Waals surface area contributed by atoms with Gasteiger partial charge in [-0.05, 0) is 38.8 Å². The van der Waals surface area contributed by atoms with Gasteiger partial charge in [0.2, 0.25) is 0 Å². The number of hydrogen-bond acceptors (Lipinski definition) is 6. The van der Waals surface area contributed by atoms with Crippen molar-refractivity contribution in [2.24, 2.45) is 0 Å². The molecule has 0 bridgehead atoms. The molecule has 7 nitrogen and oxygen atoms in total. The van der Waals surface area contributed by atoms with E-state index in [0.29, 0.717) is 6.04 Å². The number of piperidine rings is 1. The molecule has 0 aliphatic carbocycles. The van der Waals surface area contributed by atoms with Gasteiger partial charge in [-0.15, -0.1) is 11.8 Å². The number of hydrogen-bond donors (Lipinski definition) is 3. The maximum atomic E-state index is 12.8. The van der Waals surface area contributed by atoms with Crippen LogP contribution in [0.25, 0.3) is 11.0 Å². The highest BCUT2D eigenvalue weighted by molar-refractivity contribution is 8.04. The van der Waals surface area contributed by atoms with Gasteiger partial charge in [-0.25, -0.2) is 9.97 Å². The lowest BCUT2D eigenvalue weighted by atomic mass is 9.99. The molecule has 2 atom stereocenters. The third-order valence-corrected chi connectivity index (χ3v) is 6.30. The summed E-state index contributed by atoms with van der Waals surface area (Å²) in [6.45, 7) is 5.98. The van der Waals surface area contributed by atoms with Crippen molar-refractivity contribution in [3.8, 4) is 0 Å². The van der Waals surface area contributed by atoms with Crippen molar-refractivity contribution in [2.75, 3.05) is 23.7 Å². The smallest absolute Gasteiger partial charge is 0.259 e. The Kier molecular flexibility index (Phi) is 5.36. The lowest BCUT2D eigenvalue weighted by Crippen LogP contribution is -2.50. The summed E-state index contributed by atoms with van der Waals surface area (Å²) in [5.41, 5.74) is 1.93. The Morgan fingerprint density at radius 3 is 3.11 bits per heavy atom. The van der Waals surface area contributed by atoms with Crippen molar-refractivity contribution in [2.45, 2.75) is 45.2 Å². The number of nitrogens with one attached hydrogen (secondary N) is 3. The maximum absolute atomic E-state index is 12.8. The van der Waals surface area contributed by atoms with E-state index in [9.17, 15) is 4.79 Å². The van der Waals surface area contributed by atoms with Crippen LogP contribution in [0, 0.1) is 6.92 Å². The van der Waals surface area contributed by atoms with Crippen LogP contribution < -0.4 is 15.5 Å². The summed E-state index contributed by atoms with van der Waals surface area (Å²) in [7, 11) is 0. The fraction of sp³-hybridized carbons (Fsp3) is 0.526. The molecule has 0 aromatic carbocycles. The van der Waals surface area contributed by atoms with Crippen LogP contribution in [-0.2, 0) is 4.79 Å². The number of H-pyrrole nitrogens is 1. The van der Waals surface area contributed by atoms with Crippen LogP contribution in [0.15, 0.2) is 23.6 Å². The highest BCUT2D eigenvalue weighted by atomic mass is 32.2. The number of amides is 1.